The molecule has 0 aliphatic rings. The number of hydrogen-bond donors (Lipinski definition) is 2. The lowest BCUT2D eigenvalue weighted by molar-refractivity contribution is -0.142. The molecule has 3 unspecified atom stereocenters. The van der Waals surface area contributed by atoms with Gasteiger partial charge >= 0.3 is 6.09 Å². The number of ether oxygens (including phenoxy) is 1. The Hall–Kier alpha value is -2.83. The average Bonchev–Trinajstić information content (AvgIpc) is 2.76. The van der Waals surface area contributed by atoms with Crippen LogP contribution in [0.2, 0.25) is 0 Å². The van der Waals surface area contributed by atoms with E-state index in [4.69, 9.17) is 4.74 Å². The molecule has 35 heavy (non-hydrogen) atoms. The van der Waals surface area contributed by atoms with E-state index in [0.29, 0.717) is 13.0 Å². The first-order valence-electron chi connectivity index (χ1n) is 12.6. The summed E-state index contributed by atoms with van der Waals surface area (Å²) >= 11 is 0. The Bertz CT molecular complexity index is 875. The van der Waals surface area contributed by atoms with Crippen LogP contribution in [-0.2, 0) is 14.3 Å². The number of amides is 3. The molecule has 3 amide bonds. The highest BCUT2D eigenvalue weighted by Gasteiger charge is 2.38. The van der Waals surface area contributed by atoms with Crippen LogP contribution in [0.25, 0.3) is 0 Å². The number of alkyl carbamates (subject to hydrolysis) is 1. The maximum Gasteiger partial charge on any atom is 0.408 e. The van der Waals surface area contributed by atoms with E-state index in [1.165, 1.54) is 4.90 Å². The van der Waals surface area contributed by atoms with Crippen molar-refractivity contribution in [1.82, 2.24) is 15.5 Å². The number of carbonyl (C=O) groups excluding carboxylic acids is 3. The summed E-state index contributed by atoms with van der Waals surface area (Å²) in [6, 6.07) is 4.13. The van der Waals surface area contributed by atoms with Crippen molar-refractivity contribution in [3.63, 3.8) is 0 Å². The van der Waals surface area contributed by atoms with Gasteiger partial charge in [0.1, 0.15) is 17.7 Å². The number of carbonyl (C=O) groups is 3. The van der Waals surface area contributed by atoms with E-state index < -0.39 is 23.8 Å². The normalized spacial score (nSPS) is 13.8. The van der Waals surface area contributed by atoms with E-state index in [9.17, 15) is 14.4 Å². The number of unbranched alkanes of at least 4 members (excludes halogenated alkanes) is 1. The van der Waals surface area contributed by atoms with Crippen LogP contribution >= 0.6 is 0 Å². The van der Waals surface area contributed by atoms with Crippen LogP contribution in [-0.4, -0.2) is 47.5 Å². The van der Waals surface area contributed by atoms with Crippen molar-refractivity contribution in [2.24, 2.45) is 5.92 Å². The van der Waals surface area contributed by atoms with Crippen LogP contribution in [0.5, 0.6) is 0 Å². The molecule has 0 radical (unpaired) electrons. The first kappa shape index (κ1) is 30.2. The Balaban J connectivity index is 3.48. The van der Waals surface area contributed by atoms with Crippen molar-refractivity contribution in [3.05, 3.63) is 47.5 Å². The predicted octanol–water partition coefficient (Wildman–Crippen LogP) is 5.21. The van der Waals surface area contributed by atoms with Gasteiger partial charge < -0.3 is 20.3 Å². The van der Waals surface area contributed by atoms with Crippen molar-refractivity contribution < 1.29 is 19.1 Å². The summed E-state index contributed by atoms with van der Waals surface area (Å²) in [6.45, 7) is 19.7. The molecule has 0 bridgehead atoms. The Morgan fingerprint density at radius 3 is 2.34 bits per heavy atom. The molecule has 2 N–H and O–H groups in total. The second-order valence-corrected chi connectivity index (χ2v) is 10.2. The van der Waals surface area contributed by atoms with Crippen molar-refractivity contribution in [1.29, 1.82) is 0 Å². The summed E-state index contributed by atoms with van der Waals surface area (Å²) in [7, 11) is 0. The highest BCUT2D eigenvalue weighted by Crippen LogP contribution is 2.27. The number of nitrogens with one attached hydrogen (secondary N) is 2. The summed E-state index contributed by atoms with van der Waals surface area (Å²) in [5.74, 6) is -0.772. The highest BCUT2D eigenvalue weighted by molar-refractivity contribution is 5.92. The summed E-state index contributed by atoms with van der Waals surface area (Å²) in [4.78, 5) is 41.6. The quantitative estimate of drug-likeness (QED) is 0.313. The van der Waals surface area contributed by atoms with Crippen LogP contribution in [0.3, 0.4) is 0 Å². The molecule has 196 valence electrons. The first-order valence-corrected chi connectivity index (χ1v) is 12.6. The predicted molar refractivity (Wildman–Crippen MR) is 141 cm³/mol. The van der Waals surface area contributed by atoms with Crippen LogP contribution < -0.4 is 10.6 Å². The van der Waals surface area contributed by atoms with E-state index in [1.807, 2.05) is 45.9 Å². The Morgan fingerprint density at radius 2 is 1.83 bits per heavy atom. The fraction of sp³-hybridized carbons (Fsp3) is 0.607. The lowest BCUT2D eigenvalue weighted by Gasteiger charge is -2.36. The fourth-order valence-corrected chi connectivity index (χ4v) is 3.83. The number of nitrogens with zero attached hydrogens (tertiary/aromatic N) is 1. The number of benzene rings is 1. The molecule has 3 atom stereocenters. The fourth-order valence-electron chi connectivity index (χ4n) is 3.83. The third-order valence-corrected chi connectivity index (χ3v) is 5.87. The molecule has 0 saturated carbocycles. The number of rotatable bonds is 12. The lowest BCUT2D eigenvalue weighted by atomic mass is 9.93. The monoisotopic (exact) mass is 487 g/mol. The molecule has 0 spiro atoms. The standard InChI is InChI=1S/C28H45N3O4/c1-10-13-16-29-25(32)24(22-15-14-19(4)18-21(22)6)31(17-11-2)26(33)23(20(5)12-3)30-27(34)35-28(7,8)9/h11,14-15,18,20,23-24H,2,10,12-13,16-17H2,1,3-9H3,(H,29,32)(H,30,34). The van der Waals surface area contributed by atoms with Crippen LogP contribution in [0.4, 0.5) is 4.79 Å². The molecule has 0 aliphatic carbocycles. The third-order valence-electron chi connectivity index (χ3n) is 5.87. The molecule has 7 nitrogen and oxygen atoms in total. The molecule has 0 heterocycles. The zero-order valence-electron chi connectivity index (χ0n) is 22.9. The van der Waals surface area contributed by atoms with Gasteiger partial charge in [0.05, 0.1) is 0 Å². The zero-order chi connectivity index (χ0) is 26.8. The van der Waals surface area contributed by atoms with Gasteiger partial charge in [-0.1, -0.05) is 63.5 Å². The van der Waals surface area contributed by atoms with Gasteiger partial charge in [0.15, 0.2) is 0 Å². The van der Waals surface area contributed by atoms with Crippen LogP contribution in [0, 0.1) is 19.8 Å². The van der Waals surface area contributed by atoms with Crippen molar-refractivity contribution in [3.8, 4) is 0 Å². The molecule has 1 rings (SSSR count). The minimum absolute atomic E-state index is 0.154. The van der Waals surface area contributed by atoms with Crippen molar-refractivity contribution >= 4 is 17.9 Å². The second kappa shape index (κ2) is 13.9. The third kappa shape index (κ3) is 9.38. The van der Waals surface area contributed by atoms with Gasteiger partial charge in [0, 0.05) is 13.1 Å². The average molecular weight is 488 g/mol. The number of aryl methyl sites for hydroxylation is 2. The maximum absolute atomic E-state index is 14.0. The second-order valence-electron chi connectivity index (χ2n) is 10.2. The summed E-state index contributed by atoms with van der Waals surface area (Å²) in [5, 5.41) is 5.76. The Labute approximate surface area is 211 Å². The van der Waals surface area contributed by atoms with Gasteiger partial charge in [-0.3, -0.25) is 9.59 Å². The topological polar surface area (TPSA) is 87.7 Å². The molecule has 0 aliphatic heterocycles. The van der Waals surface area contributed by atoms with Gasteiger partial charge in [-0.25, -0.2) is 4.79 Å². The van der Waals surface area contributed by atoms with E-state index in [-0.39, 0.29) is 24.3 Å². The molecular weight excluding hydrogens is 442 g/mol. The van der Waals surface area contributed by atoms with E-state index in [2.05, 4.69) is 24.1 Å². The van der Waals surface area contributed by atoms with Gasteiger partial charge in [0.2, 0.25) is 11.8 Å². The van der Waals surface area contributed by atoms with Gasteiger partial charge in [-0.2, -0.15) is 0 Å². The smallest absolute Gasteiger partial charge is 0.408 e. The lowest BCUT2D eigenvalue weighted by Crippen LogP contribution is -2.55. The molecule has 1 aromatic rings. The number of hydrogen-bond acceptors (Lipinski definition) is 4. The molecule has 0 aromatic heterocycles. The van der Waals surface area contributed by atoms with Crippen LogP contribution in [0.15, 0.2) is 30.9 Å². The van der Waals surface area contributed by atoms with Crippen LogP contribution in [0.1, 0.15) is 83.5 Å². The minimum Gasteiger partial charge on any atom is -0.444 e. The summed E-state index contributed by atoms with van der Waals surface area (Å²) in [6.07, 6.45) is 3.39. The van der Waals surface area contributed by atoms with E-state index in [1.54, 1.807) is 26.8 Å². The molecule has 7 heteroatoms. The highest BCUT2D eigenvalue weighted by atomic mass is 16.6. The SMILES string of the molecule is C=CCN(C(=O)C(NC(=O)OC(C)(C)C)C(C)CC)C(C(=O)NCCCC)c1ccc(C)cc1C. The Morgan fingerprint density at radius 1 is 1.17 bits per heavy atom. The minimum atomic E-state index is -0.857. The van der Waals surface area contributed by atoms with Gasteiger partial charge in [-0.05, 0) is 58.1 Å². The van der Waals surface area contributed by atoms with Crippen molar-refractivity contribution in [2.75, 3.05) is 13.1 Å². The first-order chi connectivity index (χ1) is 16.4. The van der Waals surface area contributed by atoms with Gasteiger partial charge in [-0.15, -0.1) is 6.58 Å². The molecular formula is C28H45N3O4. The molecule has 1 aromatic carbocycles. The molecule has 0 fully saturated rings. The Kier molecular flexibility index (Phi) is 12.0. The maximum atomic E-state index is 14.0. The van der Waals surface area contributed by atoms with Gasteiger partial charge in [0.25, 0.3) is 0 Å². The molecule has 0 saturated heterocycles. The van der Waals surface area contributed by atoms with E-state index >= 15 is 0 Å². The summed E-state index contributed by atoms with van der Waals surface area (Å²) in [5.41, 5.74) is 2.04. The largest absolute Gasteiger partial charge is 0.444 e. The zero-order valence-corrected chi connectivity index (χ0v) is 22.9. The van der Waals surface area contributed by atoms with Crippen molar-refractivity contribution in [2.45, 2.75) is 92.3 Å². The van der Waals surface area contributed by atoms with E-state index in [0.717, 1.165) is 29.5 Å². The summed E-state index contributed by atoms with van der Waals surface area (Å²) < 4.78 is 5.42.